The van der Waals surface area contributed by atoms with E-state index < -0.39 is 0 Å². The molecule has 3 aromatic rings. The number of fused-ring (bicyclic) bond motifs is 1. The van der Waals surface area contributed by atoms with Crippen molar-refractivity contribution in [1.29, 1.82) is 0 Å². The average Bonchev–Trinajstić information content (AvgIpc) is 2.95. The van der Waals surface area contributed by atoms with Crippen LogP contribution in [0.2, 0.25) is 0 Å². The number of rotatable bonds is 7. The number of nitrogens with zero attached hydrogens (tertiary/aromatic N) is 2. The molecule has 0 aliphatic carbocycles. The second-order valence-electron chi connectivity index (χ2n) is 6.15. The van der Waals surface area contributed by atoms with Gasteiger partial charge in [0, 0.05) is 19.5 Å². The van der Waals surface area contributed by atoms with Crippen molar-refractivity contribution in [3.05, 3.63) is 59.9 Å². The highest BCUT2D eigenvalue weighted by Gasteiger charge is 2.18. The number of hydrogen-bond donors (Lipinski definition) is 1. The Labute approximate surface area is 143 Å². The molecule has 24 heavy (non-hydrogen) atoms. The van der Waals surface area contributed by atoms with Gasteiger partial charge in [0.1, 0.15) is 11.6 Å². The maximum Gasteiger partial charge on any atom is 0.119 e. The standard InChI is InChI=1S/C20H25N3O/c1-3-11-24-17-8-6-7-15(13-17)12-16(14-21)20-22-18-9-4-5-10-19(18)23(20)2/h4-10,13,16H,3,11-12,14,21H2,1-2H3. The maximum absolute atomic E-state index is 6.08. The van der Waals surface area contributed by atoms with Gasteiger partial charge >= 0.3 is 0 Å². The van der Waals surface area contributed by atoms with Crippen LogP contribution in [-0.2, 0) is 13.5 Å². The van der Waals surface area contributed by atoms with E-state index in [2.05, 4.69) is 36.7 Å². The SMILES string of the molecule is CCCOc1cccc(CC(CN)c2nc3ccccc3n2C)c1. The smallest absolute Gasteiger partial charge is 0.119 e. The number of aryl methyl sites for hydroxylation is 1. The van der Waals surface area contributed by atoms with Crippen LogP contribution in [0.4, 0.5) is 0 Å². The zero-order valence-corrected chi connectivity index (χ0v) is 14.4. The van der Waals surface area contributed by atoms with Crippen LogP contribution in [-0.4, -0.2) is 22.7 Å². The van der Waals surface area contributed by atoms with Crippen LogP contribution >= 0.6 is 0 Å². The molecule has 0 aliphatic rings. The van der Waals surface area contributed by atoms with E-state index in [-0.39, 0.29) is 5.92 Å². The van der Waals surface area contributed by atoms with Crippen LogP contribution in [0.5, 0.6) is 5.75 Å². The summed E-state index contributed by atoms with van der Waals surface area (Å²) in [5.41, 5.74) is 9.47. The zero-order chi connectivity index (χ0) is 16.9. The van der Waals surface area contributed by atoms with Gasteiger partial charge in [-0.2, -0.15) is 0 Å². The molecule has 0 amide bonds. The minimum absolute atomic E-state index is 0.184. The third-order valence-electron chi connectivity index (χ3n) is 4.32. The fourth-order valence-corrected chi connectivity index (χ4v) is 3.08. The van der Waals surface area contributed by atoms with E-state index >= 15 is 0 Å². The molecule has 0 saturated carbocycles. The molecule has 0 fully saturated rings. The molecule has 0 saturated heterocycles. The summed E-state index contributed by atoms with van der Waals surface area (Å²) < 4.78 is 7.89. The van der Waals surface area contributed by atoms with Gasteiger partial charge in [-0.3, -0.25) is 0 Å². The first-order valence-corrected chi connectivity index (χ1v) is 8.56. The molecule has 1 unspecified atom stereocenters. The van der Waals surface area contributed by atoms with Crippen LogP contribution in [0.3, 0.4) is 0 Å². The number of para-hydroxylation sites is 2. The highest BCUT2D eigenvalue weighted by molar-refractivity contribution is 5.75. The van der Waals surface area contributed by atoms with Gasteiger partial charge in [-0.25, -0.2) is 4.98 Å². The summed E-state index contributed by atoms with van der Waals surface area (Å²) in [7, 11) is 2.06. The molecule has 126 valence electrons. The quantitative estimate of drug-likeness (QED) is 0.722. The van der Waals surface area contributed by atoms with E-state index in [0.717, 1.165) is 42.1 Å². The molecule has 4 nitrogen and oxygen atoms in total. The molecule has 0 spiro atoms. The molecule has 4 heteroatoms. The van der Waals surface area contributed by atoms with E-state index in [1.165, 1.54) is 5.56 Å². The topological polar surface area (TPSA) is 53.1 Å². The van der Waals surface area contributed by atoms with Crippen LogP contribution in [0.15, 0.2) is 48.5 Å². The molecule has 2 N–H and O–H groups in total. The van der Waals surface area contributed by atoms with Gasteiger partial charge in [0.25, 0.3) is 0 Å². The lowest BCUT2D eigenvalue weighted by molar-refractivity contribution is 0.317. The predicted octanol–water partition coefficient (Wildman–Crippen LogP) is 3.65. The van der Waals surface area contributed by atoms with Gasteiger partial charge in [-0.1, -0.05) is 31.2 Å². The van der Waals surface area contributed by atoms with Crippen LogP contribution < -0.4 is 10.5 Å². The molecule has 0 bridgehead atoms. The van der Waals surface area contributed by atoms with Crippen molar-refractivity contribution < 1.29 is 4.74 Å². The molecule has 0 aliphatic heterocycles. The highest BCUT2D eigenvalue weighted by atomic mass is 16.5. The average molecular weight is 323 g/mol. The lowest BCUT2D eigenvalue weighted by atomic mass is 9.98. The lowest BCUT2D eigenvalue weighted by Gasteiger charge is -2.15. The van der Waals surface area contributed by atoms with Crippen molar-refractivity contribution in [2.75, 3.05) is 13.2 Å². The second kappa shape index (κ2) is 7.49. The third-order valence-corrected chi connectivity index (χ3v) is 4.32. The largest absolute Gasteiger partial charge is 0.494 e. The normalized spacial score (nSPS) is 12.5. The zero-order valence-electron chi connectivity index (χ0n) is 14.4. The summed E-state index contributed by atoms with van der Waals surface area (Å²) in [6.07, 6.45) is 1.87. The molecule has 1 atom stereocenters. The highest BCUT2D eigenvalue weighted by Crippen LogP contribution is 2.25. The number of hydrogen-bond acceptors (Lipinski definition) is 3. The lowest BCUT2D eigenvalue weighted by Crippen LogP contribution is -2.18. The predicted molar refractivity (Wildman–Crippen MR) is 98.4 cm³/mol. The Balaban J connectivity index is 1.85. The van der Waals surface area contributed by atoms with Crippen molar-refractivity contribution in [1.82, 2.24) is 9.55 Å². The molecule has 1 aromatic heterocycles. The summed E-state index contributed by atoms with van der Waals surface area (Å²) in [5.74, 6) is 2.15. The monoisotopic (exact) mass is 323 g/mol. The molecular formula is C20H25N3O. The molecule has 1 heterocycles. The maximum atomic E-state index is 6.08. The Kier molecular flexibility index (Phi) is 5.16. The minimum Gasteiger partial charge on any atom is -0.494 e. The molecule has 3 rings (SSSR count). The van der Waals surface area contributed by atoms with Crippen molar-refractivity contribution in [2.24, 2.45) is 12.8 Å². The fraction of sp³-hybridized carbons (Fsp3) is 0.350. The van der Waals surface area contributed by atoms with E-state index in [0.29, 0.717) is 6.54 Å². The van der Waals surface area contributed by atoms with Crippen LogP contribution in [0, 0.1) is 0 Å². The van der Waals surface area contributed by atoms with Crippen molar-refractivity contribution >= 4 is 11.0 Å². The number of ether oxygens (including phenoxy) is 1. The van der Waals surface area contributed by atoms with Crippen LogP contribution in [0.25, 0.3) is 11.0 Å². The number of imidazole rings is 1. The first-order chi connectivity index (χ1) is 11.7. The molecule has 2 aromatic carbocycles. The van der Waals surface area contributed by atoms with Gasteiger partial charge in [0.05, 0.1) is 17.6 Å². The van der Waals surface area contributed by atoms with Crippen LogP contribution in [0.1, 0.15) is 30.7 Å². The summed E-state index contributed by atoms with van der Waals surface area (Å²) in [4.78, 5) is 4.80. The van der Waals surface area contributed by atoms with Gasteiger partial charge < -0.3 is 15.0 Å². The first-order valence-electron chi connectivity index (χ1n) is 8.56. The van der Waals surface area contributed by atoms with E-state index in [1.807, 2.05) is 30.3 Å². The second-order valence-corrected chi connectivity index (χ2v) is 6.15. The van der Waals surface area contributed by atoms with E-state index in [9.17, 15) is 0 Å². The van der Waals surface area contributed by atoms with Gasteiger partial charge in [0.15, 0.2) is 0 Å². The minimum atomic E-state index is 0.184. The van der Waals surface area contributed by atoms with E-state index in [1.54, 1.807) is 0 Å². The van der Waals surface area contributed by atoms with Gasteiger partial charge in [0.2, 0.25) is 0 Å². The van der Waals surface area contributed by atoms with E-state index in [4.69, 9.17) is 15.5 Å². The summed E-state index contributed by atoms with van der Waals surface area (Å²) in [5, 5.41) is 0. The Morgan fingerprint density at radius 1 is 1.17 bits per heavy atom. The third kappa shape index (κ3) is 3.44. The Bertz CT molecular complexity index is 810. The number of benzene rings is 2. The fourth-order valence-electron chi connectivity index (χ4n) is 3.08. The number of nitrogens with two attached hydrogens (primary N) is 1. The summed E-state index contributed by atoms with van der Waals surface area (Å²) in [6.45, 7) is 3.42. The summed E-state index contributed by atoms with van der Waals surface area (Å²) in [6, 6.07) is 16.5. The Hall–Kier alpha value is -2.33. The Morgan fingerprint density at radius 2 is 2.00 bits per heavy atom. The van der Waals surface area contributed by atoms with Gasteiger partial charge in [-0.05, 0) is 42.7 Å². The van der Waals surface area contributed by atoms with Gasteiger partial charge in [-0.15, -0.1) is 0 Å². The van der Waals surface area contributed by atoms with Crippen molar-refractivity contribution in [2.45, 2.75) is 25.7 Å². The first kappa shape index (κ1) is 16.5. The van der Waals surface area contributed by atoms with Crippen molar-refractivity contribution in [3.8, 4) is 5.75 Å². The Morgan fingerprint density at radius 3 is 2.75 bits per heavy atom. The number of aromatic nitrogens is 2. The molecule has 0 radical (unpaired) electrons. The van der Waals surface area contributed by atoms with Crippen molar-refractivity contribution in [3.63, 3.8) is 0 Å². The molecular weight excluding hydrogens is 298 g/mol. The summed E-state index contributed by atoms with van der Waals surface area (Å²) >= 11 is 0.